The molecule has 1 amide bonds. The second-order valence-electron chi connectivity index (χ2n) is 5.45. The number of nitrogens with one attached hydrogen (secondary N) is 1. The SMILES string of the molecule is CCCCC(F)(F)C[C@H](NC(=O)OCc1ccccc1)C(=O)OC. The van der Waals surface area contributed by atoms with Crippen LogP contribution < -0.4 is 5.32 Å². The van der Waals surface area contributed by atoms with Crippen molar-refractivity contribution >= 4 is 12.1 Å². The van der Waals surface area contributed by atoms with E-state index in [1.54, 1.807) is 31.2 Å². The quantitative estimate of drug-likeness (QED) is 0.695. The second kappa shape index (κ2) is 9.85. The van der Waals surface area contributed by atoms with Crippen molar-refractivity contribution in [2.75, 3.05) is 7.11 Å². The van der Waals surface area contributed by atoms with Crippen LogP contribution in [0.15, 0.2) is 30.3 Å². The number of amides is 1. The summed E-state index contributed by atoms with van der Waals surface area (Å²) in [6.07, 6.45) is -1.16. The number of rotatable bonds is 9. The highest BCUT2D eigenvalue weighted by molar-refractivity contribution is 5.81. The summed E-state index contributed by atoms with van der Waals surface area (Å²) < 4.78 is 37.1. The van der Waals surface area contributed by atoms with E-state index in [9.17, 15) is 18.4 Å². The summed E-state index contributed by atoms with van der Waals surface area (Å²) in [5, 5.41) is 2.15. The molecule has 0 radical (unpaired) electrons. The van der Waals surface area contributed by atoms with Crippen molar-refractivity contribution in [1.82, 2.24) is 5.32 Å². The minimum atomic E-state index is -3.07. The van der Waals surface area contributed by atoms with E-state index in [0.717, 1.165) is 12.7 Å². The smallest absolute Gasteiger partial charge is 0.408 e. The Bertz CT molecular complexity index is 523. The second-order valence-corrected chi connectivity index (χ2v) is 5.45. The molecular weight excluding hydrogens is 320 g/mol. The first-order valence-corrected chi connectivity index (χ1v) is 7.81. The lowest BCUT2D eigenvalue weighted by atomic mass is 10.0. The summed E-state index contributed by atoms with van der Waals surface area (Å²) in [4.78, 5) is 23.4. The molecule has 0 fully saturated rings. The highest BCUT2D eigenvalue weighted by atomic mass is 19.3. The van der Waals surface area contributed by atoms with Crippen LogP contribution in [0, 0.1) is 0 Å². The van der Waals surface area contributed by atoms with Crippen LogP contribution in [0.4, 0.5) is 13.6 Å². The van der Waals surface area contributed by atoms with E-state index in [1.807, 2.05) is 6.07 Å². The Morgan fingerprint density at radius 1 is 1.25 bits per heavy atom. The molecule has 0 aromatic heterocycles. The molecule has 0 aliphatic rings. The zero-order valence-electron chi connectivity index (χ0n) is 13.9. The van der Waals surface area contributed by atoms with Crippen LogP contribution in [0.5, 0.6) is 0 Å². The first-order chi connectivity index (χ1) is 11.4. The maximum absolute atomic E-state index is 13.9. The molecule has 1 atom stereocenters. The zero-order chi connectivity index (χ0) is 18.0. The summed E-state index contributed by atoms with van der Waals surface area (Å²) in [5.74, 6) is -4.00. The number of unbranched alkanes of at least 4 members (excludes halogenated alkanes) is 1. The fraction of sp³-hybridized carbons (Fsp3) is 0.529. The van der Waals surface area contributed by atoms with Crippen LogP contribution in [-0.2, 0) is 20.9 Å². The van der Waals surface area contributed by atoms with Crippen LogP contribution in [0.25, 0.3) is 0 Å². The molecule has 0 aliphatic carbocycles. The molecule has 7 heteroatoms. The van der Waals surface area contributed by atoms with E-state index in [1.165, 1.54) is 0 Å². The van der Waals surface area contributed by atoms with Gasteiger partial charge in [-0.05, 0) is 12.0 Å². The average molecular weight is 343 g/mol. The van der Waals surface area contributed by atoms with Gasteiger partial charge in [0.25, 0.3) is 5.92 Å². The summed E-state index contributed by atoms with van der Waals surface area (Å²) >= 11 is 0. The lowest BCUT2D eigenvalue weighted by Gasteiger charge is -2.22. The van der Waals surface area contributed by atoms with Crippen molar-refractivity contribution in [2.45, 2.75) is 51.2 Å². The first-order valence-electron chi connectivity index (χ1n) is 7.81. The van der Waals surface area contributed by atoms with Crippen LogP contribution in [0.1, 0.15) is 38.2 Å². The summed E-state index contributed by atoms with van der Waals surface area (Å²) in [5.41, 5.74) is 0.746. The van der Waals surface area contributed by atoms with Crippen LogP contribution in [-0.4, -0.2) is 31.1 Å². The number of ether oxygens (including phenoxy) is 2. The number of esters is 1. The van der Waals surface area contributed by atoms with E-state index >= 15 is 0 Å². The van der Waals surface area contributed by atoms with E-state index < -0.39 is 30.4 Å². The fourth-order valence-electron chi connectivity index (χ4n) is 2.08. The van der Waals surface area contributed by atoms with Gasteiger partial charge in [-0.2, -0.15) is 0 Å². The number of halogens is 2. The normalized spacial score (nSPS) is 12.3. The molecule has 0 unspecified atom stereocenters. The number of alkyl carbamates (subject to hydrolysis) is 1. The molecule has 24 heavy (non-hydrogen) atoms. The van der Waals surface area contributed by atoms with Crippen LogP contribution >= 0.6 is 0 Å². The Kier molecular flexibility index (Phi) is 8.15. The largest absolute Gasteiger partial charge is 0.467 e. The Balaban J connectivity index is 2.58. The maximum atomic E-state index is 13.9. The fourth-order valence-corrected chi connectivity index (χ4v) is 2.08. The highest BCUT2D eigenvalue weighted by Crippen LogP contribution is 2.27. The topological polar surface area (TPSA) is 64.6 Å². The monoisotopic (exact) mass is 343 g/mol. The Morgan fingerprint density at radius 3 is 2.50 bits per heavy atom. The average Bonchev–Trinajstić information content (AvgIpc) is 2.57. The minimum Gasteiger partial charge on any atom is -0.467 e. The van der Waals surface area contributed by atoms with E-state index in [-0.39, 0.29) is 13.0 Å². The van der Waals surface area contributed by atoms with E-state index in [2.05, 4.69) is 10.1 Å². The molecule has 0 heterocycles. The number of hydrogen-bond acceptors (Lipinski definition) is 4. The first kappa shape index (κ1) is 19.9. The molecular formula is C17H23F2NO4. The van der Waals surface area contributed by atoms with Crippen molar-refractivity contribution < 1.29 is 27.8 Å². The van der Waals surface area contributed by atoms with Crippen LogP contribution in [0.3, 0.4) is 0 Å². The summed E-state index contributed by atoms with van der Waals surface area (Å²) in [7, 11) is 1.08. The van der Waals surface area contributed by atoms with Gasteiger partial charge < -0.3 is 14.8 Å². The van der Waals surface area contributed by atoms with Gasteiger partial charge in [0.1, 0.15) is 12.6 Å². The predicted molar refractivity (Wildman–Crippen MR) is 84.7 cm³/mol. The van der Waals surface area contributed by atoms with Gasteiger partial charge in [0.05, 0.1) is 7.11 Å². The number of methoxy groups -OCH3 is 1. The summed E-state index contributed by atoms with van der Waals surface area (Å²) in [6.45, 7) is 1.78. The van der Waals surface area contributed by atoms with Gasteiger partial charge in [-0.3, -0.25) is 0 Å². The Morgan fingerprint density at radius 2 is 1.92 bits per heavy atom. The van der Waals surface area contributed by atoms with Gasteiger partial charge in [0, 0.05) is 12.8 Å². The standard InChI is InChI=1S/C17H23F2NO4/c1-3-4-10-17(18,19)11-14(15(21)23-2)20-16(22)24-12-13-8-6-5-7-9-13/h5-9,14H,3-4,10-12H2,1-2H3,(H,20,22)/t14-/m0/s1. The van der Waals surface area contributed by atoms with Crippen molar-refractivity contribution in [3.8, 4) is 0 Å². The molecule has 1 aromatic carbocycles. The number of carbonyl (C=O) groups excluding carboxylic acids is 2. The highest BCUT2D eigenvalue weighted by Gasteiger charge is 2.36. The van der Waals surface area contributed by atoms with Gasteiger partial charge in [0.15, 0.2) is 0 Å². The molecule has 1 rings (SSSR count). The summed E-state index contributed by atoms with van der Waals surface area (Å²) in [6, 6.07) is 7.43. The number of benzene rings is 1. The molecule has 0 saturated heterocycles. The van der Waals surface area contributed by atoms with Gasteiger partial charge in [-0.25, -0.2) is 18.4 Å². The molecule has 0 saturated carbocycles. The number of hydrogen-bond donors (Lipinski definition) is 1. The van der Waals surface area contributed by atoms with E-state index in [4.69, 9.17) is 4.74 Å². The van der Waals surface area contributed by atoms with Crippen LogP contribution in [0.2, 0.25) is 0 Å². The zero-order valence-corrected chi connectivity index (χ0v) is 13.9. The molecule has 5 nitrogen and oxygen atoms in total. The van der Waals surface area contributed by atoms with Gasteiger partial charge >= 0.3 is 12.1 Å². The third-order valence-electron chi connectivity index (χ3n) is 3.39. The molecule has 0 spiro atoms. The predicted octanol–water partition coefficient (Wildman–Crippen LogP) is 3.67. The third-order valence-corrected chi connectivity index (χ3v) is 3.39. The van der Waals surface area contributed by atoms with E-state index in [0.29, 0.717) is 12.8 Å². The molecule has 1 N–H and O–H groups in total. The van der Waals surface area contributed by atoms with Crippen molar-refractivity contribution in [2.24, 2.45) is 0 Å². The Hall–Kier alpha value is -2.18. The lowest BCUT2D eigenvalue weighted by molar-refractivity contribution is -0.146. The van der Waals surface area contributed by atoms with Crippen molar-refractivity contribution in [3.63, 3.8) is 0 Å². The molecule has 134 valence electrons. The van der Waals surface area contributed by atoms with Gasteiger partial charge in [-0.1, -0.05) is 43.7 Å². The maximum Gasteiger partial charge on any atom is 0.408 e. The number of alkyl halides is 2. The van der Waals surface area contributed by atoms with Gasteiger partial charge in [0.2, 0.25) is 0 Å². The van der Waals surface area contributed by atoms with Crippen molar-refractivity contribution in [3.05, 3.63) is 35.9 Å². The van der Waals surface area contributed by atoms with Gasteiger partial charge in [-0.15, -0.1) is 0 Å². The lowest BCUT2D eigenvalue weighted by Crippen LogP contribution is -2.45. The Labute approximate surface area is 140 Å². The molecule has 0 bridgehead atoms. The number of carbonyl (C=O) groups is 2. The molecule has 1 aromatic rings. The minimum absolute atomic E-state index is 0.0210. The third kappa shape index (κ3) is 7.39. The van der Waals surface area contributed by atoms with Crippen molar-refractivity contribution in [1.29, 1.82) is 0 Å². The molecule has 0 aliphatic heterocycles.